The van der Waals surface area contributed by atoms with E-state index in [0.29, 0.717) is 17.0 Å². The van der Waals surface area contributed by atoms with Gasteiger partial charge in [0.15, 0.2) is 0 Å². The average Bonchev–Trinajstić information content (AvgIpc) is 3.50. The lowest BCUT2D eigenvalue weighted by Gasteiger charge is -2.21. The van der Waals surface area contributed by atoms with Crippen molar-refractivity contribution < 1.29 is 23.9 Å². The van der Waals surface area contributed by atoms with E-state index in [0.717, 1.165) is 12.8 Å². The van der Waals surface area contributed by atoms with Crippen LogP contribution in [0, 0.1) is 5.92 Å². The predicted molar refractivity (Wildman–Crippen MR) is 110 cm³/mol. The minimum absolute atomic E-state index is 0.0304. The lowest BCUT2D eigenvalue weighted by molar-refractivity contribution is -0.160. The maximum Gasteiger partial charge on any atom is 0.312 e. The molecular weight excluding hydrogens is 384 g/mol. The second-order valence-corrected chi connectivity index (χ2v) is 7.59. The molecule has 7 heteroatoms. The van der Waals surface area contributed by atoms with Gasteiger partial charge >= 0.3 is 5.97 Å². The second-order valence-electron chi connectivity index (χ2n) is 7.59. The fourth-order valence-corrected chi connectivity index (χ4v) is 3.57. The van der Waals surface area contributed by atoms with Crippen molar-refractivity contribution in [3.63, 3.8) is 0 Å². The summed E-state index contributed by atoms with van der Waals surface area (Å²) in [5, 5.41) is 2.90. The molecule has 1 aliphatic heterocycles. The first-order chi connectivity index (χ1) is 14.6. The van der Waals surface area contributed by atoms with Crippen LogP contribution in [0.2, 0.25) is 0 Å². The first-order valence-corrected chi connectivity index (χ1v) is 10.1. The molecule has 0 bridgehead atoms. The number of carbonyl (C=O) groups excluding carboxylic acids is 3. The lowest BCUT2D eigenvalue weighted by atomic mass is 10.1. The van der Waals surface area contributed by atoms with Gasteiger partial charge in [0.25, 0.3) is 5.91 Å². The topological polar surface area (TPSA) is 84.9 Å². The van der Waals surface area contributed by atoms with Gasteiger partial charge in [-0.2, -0.15) is 0 Å². The summed E-state index contributed by atoms with van der Waals surface area (Å²) in [6.07, 6.45) is 0.871. The Bertz CT molecular complexity index is 942. The first kappa shape index (κ1) is 19.9. The molecule has 1 aliphatic carbocycles. The number of anilines is 1. The van der Waals surface area contributed by atoms with Crippen LogP contribution in [0.5, 0.6) is 5.75 Å². The van der Waals surface area contributed by atoms with Crippen LogP contribution in [0.4, 0.5) is 5.69 Å². The van der Waals surface area contributed by atoms with Crippen molar-refractivity contribution in [1.29, 1.82) is 0 Å². The Balaban J connectivity index is 1.49. The molecule has 0 spiro atoms. The molecule has 0 radical (unpaired) electrons. The van der Waals surface area contributed by atoms with E-state index >= 15 is 0 Å². The lowest BCUT2D eigenvalue weighted by Crippen LogP contribution is -2.35. The quantitative estimate of drug-likeness (QED) is 0.712. The number of para-hydroxylation sites is 2. The third kappa shape index (κ3) is 4.30. The summed E-state index contributed by atoms with van der Waals surface area (Å²) in [6, 6.07) is 16.3. The standard InChI is InChI=1S/C23H24N2O5/c1-29-19-10-6-5-9-18(19)25-14-16(13-20(25)26)23(28)30-21(15-7-3-2-4-8-15)22(27)24-17-11-12-17/h2-10,16-17,21H,11-14H2,1H3,(H,24,27)/t16-,21-/m0/s1. The zero-order valence-corrected chi connectivity index (χ0v) is 16.7. The van der Waals surface area contributed by atoms with E-state index in [1.54, 1.807) is 36.4 Å². The van der Waals surface area contributed by atoms with E-state index in [4.69, 9.17) is 9.47 Å². The third-order valence-electron chi connectivity index (χ3n) is 5.33. The zero-order chi connectivity index (χ0) is 21.1. The molecule has 7 nitrogen and oxygen atoms in total. The highest BCUT2D eigenvalue weighted by Crippen LogP contribution is 2.34. The Morgan fingerprint density at radius 3 is 2.47 bits per heavy atom. The molecule has 2 aliphatic rings. The maximum absolute atomic E-state index is 12.9. The van der Waals surface area contributed by atoms with E-state index in [-0.39, 0.29) is 30.8 Å². The number of nitrogens with zero attached hydrogens (tertiary/aromatic N) is 1. The van der Waals surface area contributed by atoms with Gasteiger partial charge in [-0.05, 0) is 25.0 Å². The Morgan fingerprint density at radius 2 is 1.77 bits per heavy atom. The first-order valence-electron chi connectivity index (χ1n) is 10.1. The van der Waals surface area contributed by atoms with Gasteiger partial charge in [-0.1, -0.05) is 42.5 Å². The number of rotatable bonds is 7. The number of carbonyl (C=O) groups is 3. The SMILES string of the molecule is COc1ccccc1N1C[C@@H](C(=O)O[C@H](C(=O)NC2CC2)c2ccccc2)CC1=O. The summed E-state index contributed by atoms with van der Waals surface area (Å²) in [7, 11) is 1.54. The molecule has 2 aromatic carbocycles. The molecule has 0 unspecified atom stereocenters. The third-order valence-corrected chi connectivity index (χ3v) is 5.33. The smallest absolute Gasteiger partial charge is 0.312 e. The number of esters is 1. The minimum atomic E-state index is -1.03. The molecule has 1 N–H and O–H groups in total. The summed E-state index contributed by atoms with van der Waals surface area (Å²) < 4.78 is 11.0. The molecule has 2 fully saturated rings. The normalized spacial score (nSPS) is 19.3. The fourth-order valence-electron chi connectivity index (χ4n) is 3.57. The number of benzene rings is 2. The Labute approximate surface area is 175 Å². The monoisotopic (exact) mass is 408 g/mol. The Kier molecular flexibility index (Phi) is 5.70. The molecule has 30 heavy (non-hydrogen) atoms. The molecule has 0 aromatic heterocycles. The molecule has 4 rings (SSSR count). The zero-order valence-electron chi connectivity index (χ0n) is 16.7. The highest BCUT2D eigenvalue weighted by molar-refractivity contribution is 6.00. The second kappa shape index (κ2) is 8.57. The van der Waals surface area contributed by atoms with E-state index in [2.05, 4.69) is 5.32 Å². The Hall–Kier alpha value is -3.35. The van der Waals surface area contributed by atoms with E-state index < -0.39 is 18.0 Å². The van der Waals surface area contributed by atoms with Gasteiger partial charge < -0.3 is 19.7 Å². The summed E-state index contributed by atoms with van der Waals surface area (Å²) in [6.45, 7) is 0.184. The van der Waals surface area contributed by atoms with Gasteiger partial charge in [-0.15, -0.1) is 0 Å². The van der Waals surface area contributed by atoms with Crippen molar-refractivity contribution in [2.75, 3.05) is 18.6 Å². The summed E-state index contributed by atoms with van der Waals surface area (Å²) in [4.78, 5) is 39.7. The molecular formula is C23H24N2O5. The predicted octanol–water partition coefficient (Wildman–Crippen LogP) is 2.61. The Morgan fingerprint density at radius 1 is 1.07 bits per heavy atom. The molecule has 156 valence electrons. The largest absolute Gasteiger partial charge is 0.495 e. The average molecular weight is 408 g/mol. The molecule has 1 heterocycles. The number of hydrogen-bond donors (Lipinski definition) is 1. The molecule has 2 aromatic rings. The number of amides is 2. The van der Waals surface area contributed by atoms with Crippen molar-refractivity contribution in [3.8, 4) is 5.75 Å². The van der Waals surface area contributed by atoms with Crippen LogP contribution in [0.15, 0.2) is 54.6 Å². The molecule has 1 saturated carbocycles. The van der Waals surface area contributed by atoms with Gasteiger partial charge in [-0.25, -0.2) is 0 Å². The van der Waals surface area contributed by atoms with Gasteiger partial charge in [0.2, 0.25) is 12.0 Å². The van der Waals surface area contributed by atoms with Crippen LogP contribution < -0.4 is 15.0 Å². The van der Waals surface area contributed by atoms with E-state index in [1.165, 1.54) is 12.0 Å². The summed E-state index contributed by atoms with van der Waals surface area (Å²) >= 11 is 0. The van der Waals surface area contributed by atoms with Crippen molar-refractivity contribution in [1.82, 2.24) is 5.32 Å². The van der Waals surface area contributed by atoms with E-state index in [9.17, 15) is 14.4 Å². The fraction of sp³-hybridized carbons (Fsp3) is 0.348. The van der Waals surface area contributed by atoms with Crippen LogP contribution in [0.3, 0.4) is 0 Å². The van der Waals surface area contributed by atoms with Gasteiger partial charge in [-0.3, -0.25) is 14.4 Å². The van der Waals surface area contributed by atoms with E-state index in [1.807, 2.05) is 18.2 Å². The molecule has 2 amide bonds. The number of methoxy groups -OCH3 is 1. The van der Waals surface area contributed by atoms with Gasteiger partial charge in [0, 0.05) is 24.6 Å². The molecule has 1 saturated heterocycles. The summed E-state index contributed by atoms with van der Waals surface area (Å²) in [5.74, 6) is -1.16. The van der Waals surface area contributed by atoms with Crippen LogP contribution in [-0.4, -0.2) is 37.5 Å². The van der Waals surface area contributed by atoms with Gasteiger partial charge in [0.1, 0.15) is 5.75 Å². The van der Waals surface area contributed by atoms with Crippen molar-refractivity contribution >= 4 is 23.5 Å². The van der Waals surface area contributed by atoms with Crippen LogP contribution >= 0.6 is 0 Å². The van der Waals surface area contributed by atoms with Crippen molar-refractivity contribution in [2.45, 2.75) is 31.4 Å². The number of ether oxygens (including phenoxy) is 2. The van der Waals surface area contributed by atoms with Crippen LogP contribution in [0.25, 0.3) is 0 Å². The maximum atomic E-state index is 12.9. The highest BCUT2D eigenvalue weighted by atomic mass is 16.5. The van der Waals surface area contributed by atoms with Crippen molar-refractivity contribution in [3.05, 3.63) is 60.2 Å². The summed E-state index contributed by atoms with van der Waals surface area (Å²) in [5.41, 5.74) is 1.22. The van der Waals surface area contributed by atoms with Crippen LogP contribution in [0.1, 0.15) is 30.9 Å². The van der Waals surface area contributed by atoms with Crippen molar-refractivity contribution in [2.24, 2.45) is 5.92 Å². The molecule has 2 atom stereocenters. The van der Waals surface area contributed by atoms with Crippen LogP contribution in [-0.2, 0) is 19.1 Å². The number of nitrogens with one attached hydrogen (secondary N) is 1. The van der Waals surface area contributed by atoms with Gasteiger partial charge in [0.05, 0.1) is 18.7 Å². The highest BCUT2D eigenvalue weighted by Gasteiger charge is 2.39. The minimum Gasteiger partial charge on any atom is -0.495 e. The number of hydrogen-bond acceptors (Lipinski definition) is 5.